The first-order chi connectivity index (χ1) is 13.6. The van der Waals surface area contributed by atoms with Crippen molar-refractivity contribution in [2.75, 3.05) is 5.32 Å². The Morgan fingerprint density at radius 3 is 2.45 bits per heavy atom. The smallest absolute Gasteiger partial charge is 0.275 e. The molecule has 1 aromatic heterocycles. The summed E-state index contributed by atoms with van der Waals surface area (Å²) in [7, 11) is 1.66. The molecule has 1 N–H and O–H groups in total. The molecule has 8 heteroatoms. The Balaban J connectivity index is 1.95. The van der Waals surface area contributed by atoms with E-state index >= 15 is 0 Å². The van der Waals surface area contributed by atoms with E-state index < -0.39 is 10.8 Å². The highest BCUT2D eigenvalue weighted by molar-refractivity contribution is 6.03. The fourth-order valence-corrected chi connectivity index (χ4v) is 3.07. The molecule has 8 nitrogen and oxygen atoms in total. The summed E-state index contributed by atoms with van der Waals surface area (Å²) in [4.78, 5) is 23.4. The van der Waals surface area contributed by atoms with Crippen LogP contribution in [-0.4, -0.2) is 20.6 Å². The first kappa shape index (κ1) is 20.1. The molecule has 0 radical (unpaired) electrons. The van der Waals surface area contributed by atoms with Gasteiger partial charge in [-0.3, -0.25) is 19.6 Å². The number of nitro groups is 1. The molecule has 1 amide bonds. The number of carbonyl (C=O) groups is 1. The quantitative estimate of drug-likeness (QED) is 0.503. The van der Waals surface area contributed by atoms with Gasteiger partial charge in [0.25, 0.3) is 11.6 Å². The Bertz CT molecular complexity index is 1120. The second kappa shape index (κ2) is 7.75. The lowest BCUT2D eigenvalue weighted by molar-refractivity contribution is -0.384. The zero-order chi connectivity index (χ0) is 21.3. The summed E-state index contributed by atoms with van der Waals surface area (Å²) >= 11 is 0. The van der Waals surface area contributed by atoms with E-state index in [2.05, 4.69) is 10.4 Å². The molecular formula is C21H22N4O4. The van der Waals surface area contributed by atoms with E-state index in [0.717, 1.165) is 16.7 Å². The SMILES string of the molecule is Cc1cc(C)c(C)c(Oc2cc(NC(=O)c3cc(C)nn3C)cc([N+](=O)[O-])c2)c1. The maximum absolute atomic E-state index is 12.6. The molecule has 2 aromatic carbocycles. The van der Waals surface area contributed by atoms with Gasteiger partial charge in [0.15, 0.2) is 0 Å². The van der Waals surface area contributed by atoms with Crippen molar-refractivity contribution in [2.45, 2.75) is 27.7 Å². The van der Waals surface area contributed by atoms with Gasteiger partial charge >= 0.3 is 0 Å². The number of rotatable bonds is 5. The van der Waals surface area contributed by atoms with Crippen molar-refractivity contribution in [3.05, 3.63) is 74.6 Å². The third-order valence-corrected chi connectivity index (χ3v) is 4.59. The van der Waals surface area contributed by atoms with Crippen molar-refractivity contribution in [3.63, 3.8) is 0 Å². The molecule has 0 saturated heterocycles. The van der Waals surface area contributed by atoms with E-state index in [-0.39, 0.29) is 17.1 Å². The zero-order valence-corrected chi connectivity index (χ0v) is 16.9. The normalized spacial score (nSPS) is 10.7. The number of amides is 1. The highest BCUT2D eigenvalue weighted by Crippen LogP contribution is 2.33. The van der Waals surface area contributed by atoms with Crippen LogP contribution >= 0.6 is 0 Å². The highest BCUT2D eigenvalue weighted by Gasteiger charge is 2.17. The van der Waals surface area contributed by atoms with Gasteiger partial charge in [-0.2, -0.15) is 5.10 Å². The fraction of sp³-hybridized carbons (Fsp3) is 0.238. The molecule has 0 bridgehead atoms. The van der Waals surface area contributed by atoms with Gasteiger partial charge in [0.1, 0.15) is 17.2 Å². The standard InChI is InChI=1S/C21H22N4O4/c1-12-6-13(2)15(4)20(7-12)29-18-10-16(9-17(11-18)25(27)28)22-21(26)19-8-14(3)23-24(19)5/h6-11H,1-5H3,(H,22,26). The number of nitrogens with one attached hydrogen (secondary N) is 1. The molecular weight excluding hydrogens is 372 g/mol. The van der Waals surface area contributed by atoms with Crippen LogP contribution in [0.5, 0.6) is 11.5 Å². The molecule has 150 valence electrons. The number of aryl methyl sites for hydroxylation is 4. The van der Waals surface area contributed by atoms with Gasteiger partial charge in [0.2, 0.25) is 0 Å². The zero-order valence-electron chi connectivity index (χ0n) is 16.9. The second-order valence-corrected chi connectivity index (χ2v) is 7.03. The topological polar surface area (TPSA) is 99.3 Å². The Labute approximate surface area is 168 Å². The lowest BCUT2D eigenvalue weighted by Crippen LogP contribution is -2.16. The van der Waals surface area contributed by atoms with Crippen LogP contribution in [0.15, 0.2) is 36.4 Å². The first-order valence-corrected chi connectivity index (χ1v) is 9.01. The molecule has 29 heavy (non-hydrogen) atoms. The third kappa shape index (κ3) is 4.43. The number of aromatic nitrogens is 2. The summed E-state index contributed by atoms with van der Waals surface area (Å²) in [5, 5.41) is 18.2. The minimum Gasteiger partial charge on any atom is -0.457 e. The van der Waals surface area contributed by atoms with Gasteiger partial charge in [-0.05, 0) is 56.5 Å². The largest absolute Gasteiger partial charge is 0.457 e. The average molecular weight is 394 g/mol. The van der Waals surface area contributed by atoms with Crippen LogP contribution in [0, 0.1) is 37.8 Å². The van der Waals surface area contributed by atoms with Gasteiger partial charge in [-0.1, -0.05) is 6.07 Å². The van der Waals surface area contributed by atoms with E-state index in [1.807, 2.05) is 32.9 Å². The molecule has 0 spiro atoms. The summed E-state index contributed by atoms with van der Waals surface area (Å²) in [6.45, 7) is 7.63. The van der Waals surface area contributed by atoms with E-state index in [1.165, 1.54) is 16.8 Å². The van der Waals surface area contributed by atoms with Crippen molar-refractivity contribution in [3.8, 4) is 11.5 Å². The van der Waals surface area contributed by atoms with E-state index in [1.54, 1.807) is 26.1 Å². The summed E-state index contributed by atoms with van der Waals surface area (Å²) in [6, 6.07) is 9.74. The maximum atomic E-state index is 12.6. The van der Waals surface area contributed by atoms with Gasteiger partial charge in [0, 0.05) is 19.2 Å². The molecule has 0 aliphatic rings. The second-order valence-electron chi connectivity index (χ2n) is 7.03. The van der Waals surface area contributed by atoms with E-state index in [9.17, 15) is 14.9 Å². The fourth-order valence-electron chi connectivity index (χ4n) is 3.07. The number of nitro benzene ring substituents is 1. The van der Waals surface area contributed by atoms with Gasteiger partial charge in [-0.25, -0.2) is 0 Å². The molecule has 3 rings (SSSR count). The van der Waals surface area contributed by atoms with Crippen LogP contribution in [0.25, 0.3) is 0 Å². The van der Waals surface area contributed by atoms with Crippen LogP contribution < -0.4 is 10.1 Å². The van der Waals surface area contributed by atoms with Crippen LogP contribution in [0.3, 0.4) is 0 Å². The third-order valence-electron chi connectivity index (χ3n) is 4.59. The molecule has 3 aromatic rings. The molecule has 1 heterocycles. The van der Waals surface area contributed by atoms with Gasteiger partial charge in [-0.15, -0.1) is 0 Å². The number of anilines is 1. The summed E-state index contributed by atoms with van der Waals surface area (Å²) in [6.07, 6.45) is 0. The summed E-state index contributed by atoms with van der Waals surface area (Å²) in [5.41, 5.74) is 4.16. The molecule has 0 aliphatic heterocycles. The summed E-state index contributed by atoms with van der Waals surface area (Å²) < 4.78 is 7.40. The number of nitrogens with zero attached hydrogens (tertiary/aromatic N) is 3. The van der Waals surface area contributed by atoms with Crippen LogP contribution in [0.2, 0.25) is 0 Å². The monoisotopic (exact) mass is 394 g/mol. The van der Waals surface area contributed by atoms with Crippen molar-refractivity contribution >= 4 is 17.3 Å². The summed E-state index contributed by atoms with van der Waals surface area (Å²) in [5.74, 6) is 0.466. The number of hydrogen-bond donors (Lipinski definition) is 1. The predicted molar refractivity (Wildman–Crippen MR) is 110 cm³/mol. The Kier molecular flexibility index (Phi) is 5.36. The lowest BCUT2D eigenvalue weighted by Gasteiger charge is -2.13. The number of carbonyl (C=O) groups excluding carboxylic acids is 1. The van der Waals surface area contributed by atoms with Crippen molar-refractivity contribution < 1.29 is 14.5 Å². The first-order valence-electron chi connectivity index (χ1n) is 9.01. The average Bonchev–Trinajstić information content (AvgIpc) is 2.97. The molecule has 0 fully saturated rings. The Morgan fingerprint density at radius 1 is 1.10 bits per heavy atom. The number of benzene rings is 2. The lowest BCUT2D eigenvalue weighted by atomic mass is 10.1. The highest BCUT2D eigenvalue weighted by atomic mass is 16.6. The molecule has 0 aliphatic carbocycles. The van der Waals surface area contributed by atoms with E-state index in [0.29, 0.717) is 17.1 Å². The van der Waals surface area contributed by atoms with Crippen LogP contribution in [0.1, 0.15) is 32.9 Å². The van der Waals surface area contributed by atoms with Crippen molar-refractivity contribution in [1.29, 1.82) is 0 Å². The Morgan fingerprint density at radius 2 is 1.83 bits per heavy atom. The molecule has 0 saturated carbocycles. The van der Waals surface area contributed by atoms with Crippen LogP contribution in [-0.2, 0) is 7.05 Å². The predicted octanol–water partition coefficient (Wildman–Crippen LogP) is 4.61. The molecule has 0 unspecified atom stereocenters. The van der Waals surface area contributed by atoms with Crippen LogP contribution in [0.4, 0.5) is 11.4 Å². The van der Waals surface area contributed by atoms with Gasteiger partial charge < -0.3 is 10.1 Å². The maximum Gasteiger partial charge on any atom is 0.275 e. The Hall–Kier alpha value is -3.68. The van der Waals surface area contributed by atoms with Gasteiger partial charge in [0.05, 0.1) is 22.4 Å². The minimum atomic E-state index is -0.523. The molecule has 0 atom stereocenters. The number of ether oxygens (including phenoxy) is 1. The van der Waals surface area contributed by atoms with Crippen molar-refractivity contribution in [2.24, 2.45) is 7.05 Å². The number of hydrogen-bond acceptors (Lipinski definition) is 5. The minimum absolute atomic E-state index is 0.180. The van der Waals surface area contributed by atoms with E-state index in [4.69, 9.17) is 4.74 Å². The van der Waals surface area contributed by atoms with Crippen molar-refractivity contribution in [1.82, 2.24) is 9.78 Å². The number of non-ortho nitro benzene ring substituents is 1.